The number of fused-ring (bicyclic) bond motifs is 1. The minimum atomic E-state index is -0.590. The lowest BCUT2D eigenvalue weighted by Crippen LogP contribution is -2.54. The normalized spacial score (nSPS) is 15.6. The van der Waals surface area contributed by atoms with Gasteiger partial charge in [0, 0.05) is 5.39 Å². The topological polar surface area (TPSA) is 58.6 Å². The summed E-state index contributed by atoms with van der Waals surface area (Å²) < 4.78 is 5.41. The first-order chi connectivity index (χ1) is 14.4. The summed E-state index contributed by atoms with van der Waals surface area (Å²) in [4.78, 5) is 27.0. The van der Waals surface area contributed by atoms with Gasteiger partial charge in [0.1, 0.15) is 11.3 Å². The fraction of sp³-hybridized carbons (Fsp3) is 0.0455. The van der Waals surface area contributed by atoms with E-state index in [1.807, 2.05) is 24.3 Å². The van der Waals surface area contributed by atoms with E-state index in [1.54, 1.807) is 37.4 Å². The molecule has 0 radical (unpaired) electrons. The quantitative estimate of drug-likeness (QED) is 0.342. The zero-order chi connectivity index (χ0) is 21.4. The van der Waals surface area contributed by atoms with Gasteiger partial charge >= 0.3 is 0 Å². The number of rotatable bonds is 3. The monoisotopic (exact) mass is 456 g/mol. The van der Waals surface area contributed by atoms with Crippen molar-refractivity contribution in [2.45, 2.75) is 0 Å². The van der Waals surface area contributed by atoms with Crippen molar-refractivity contribution >= 4 is 74.9 Å². The van der Waals surface area contributed by atoms with Gasteiger partial charge in [0.25, 0.3) is 11.8 Å². The first-order valence-corrected chi connectivity index (χ1v) is 10.00. The van der Waals surface area contributed by atoms with Crippen LogP contribution >= 0.6 is 35.4 Å². The van der Waals surface area contributed by atoms with Crippen LogP contribution in [0.15, 0.2) is 60.2 Å². The molecule has 1 aliphatic heterocycles. The number of hydrogen-bond acceptors (Lipinski definition) is 4. The average Bonchev–Trinajstić information content (AvgIpc) is 2.74. The molecule has 1 fully saturated rings. The smallest absolute Gasteiger partial charge is 0.270 e. The number of thiocarbonyl (C=S) groups is 1. The summed E-state index contributed by atoms with van der Waals surface area (Å²) in [5.41, 5.74) is 0.912. The molecule has 3 aromatic rings. The molecule has 1 saturated heterocycles. The van der Waals surface area contributed by atoms with Crippen LogP contribution in [0.4, 0.5) is 5.69 Å². The van der Waals surface area contributed by atoms with Crippen molar-refractivity contribution in [2.75, 3.05) is 12.0 Å². The highest BCUT2D eigenvalue weighted by Crippen LogP contribution is 2.35. The van der Waals surface area contributed by atoms with Crippen LogP contribution in [0.25, 0.3) is 16.8 Å². The molecule has 1 heterocycles. The van der Waals surface area contributed by atoms with E-state index in [4.69, 9.17) is 40.2 Å². The van der Waals surface area contributed by atoms with Gasteiger partial charge in [0.05, 0.1) is 22.8 Å². The zero-order valence-corrected chi connectivity index (χ0v) is 17.9. The highest BCUT2D eigenvalue weighted by Gasteiger charge is 2.35. The fourth-order valence-corrected chi connectivity index (χ4v) is 3.95. The molecule has 0 spiro atoms. The molecule has 0 bridgehead atoms. The number of amides is 2. The maximum absolute atomic E-state index is 13.3. The first-order valence-electron chi connectivity index (χ1n) is 8.83. The van der Waals surface area contributed by atoms with Crippen LogP contribution in [0.1, 0.15) is 5.56 Å². The third-order valence-electron chi connectivity index (χ3n) is 4.71. The van der Waals surface area contributed by atoms with Crippen LogP contribution in [0.3, 0.4) is 0 Å². The molecule has 0 aliphatic carbocycles. The Morgan fingerprint density at radius 3 is 2.47 bits per heavy atom. The van der Waals surface area contributed by atoms with Crippen LogP contribution in [0.5, 0.6) is 5.75 Å². The van der Waals surface area contributed by atoms with Gasteiger partial charge in [-0.15, -0.1) is 0 Å². The minimum absolute atomic E-state index is 0.0640. The van der Waals surface area contributed by atoms with Gasteiger partial charge in [-0.3, -0.25) is 19.8 Å². The summed E-state index contributed by atoms with van der Waals surface area (Å²) in [7, 11) is 1.59. The Kier molecular flexibility index (Phi) is 5.47. The molecule has 3 aromatic carbocycles. The number of nitrogens with one attached hydrogen (secondary N) is 1. The molecule has 8 heteroatoms. The predicted octanol–water partition coefficient (Wildman–Crippen LogP) is 4.99. The molecule has 1 aliphatic rings. The Morgan fingerprint density at radius 1 is 1.00 bits per heavy atom. The minimum Gasteiger partial charge on any atom is -0.496 e. The number of halogens is 2. The second-order valence-electron chi connectivity index (χ2n) is 6.43. The summed E-state index contributed by atoms with van der Waals surface area (Å²) in [5.74, 6) is -0.479. The van der Waals surface area contributed by atoms with E-state index in [-0.39, 0.29) is 20.7 Å². The Balaban J connectivity index is 1.85. The summed E-state index contributed by atoms with van der Waals surface area (Å²) in [6, 6.07) is 16.0. The van der Waals surface area contributed by atoms with E-state index in [0.29, 0.717) is 17.0 Å². The summed E-state index contributed by atoms with van der Waals surface area (Å²) >= 11 is 17.6. The second-order valence-corrected chi connectivity index (χ2v) is 7.61. The van der Waals surface area contributed by atoms with Crippen molar-refractivity contribution in [1.82, 2.24) is 5.32 Å². The van der Waals surface area contributed by atoms with Crippen molar-refractivity contribution in [3.05, 3.63) is 75.8 Å². The summed E-state index contributed by atoms with van der Waals surface area (Å²) in [6.07, 6.45) is 1.53. The lowest BCUT2D eigenvalue weighted by Gasteiger charge is -2.29. The first kappa shape index (κ1) is 20.3. The molecule has 5 nitrogen and oxygen atoms in total. The van der Waals surface area contributed by atoms with E-state index in [2.05, 4.69) is 5.32 Å². The van der Waals surface area contributed by atoms with Crippen molar-refractivity contribution in [2.24, 2.45) is 0 Å². The molecule has 150 valence electrons. The number of benzene rings is 3. The number of hydrogen-bond donors (Lipinski definition) is 1. The lowest BCUT2D eigenvalue weighted by atomic mass is 10.00. The molecule has 4 rings (SSSR count). The highest BCUT2D eigenvalue weighted by atomic mass is 35.5. The summed E-state index contributed by atoms with van der Waals surface area (Å²) in [5, 5.41) is 4.63. The van der Waals surface area contributed by atoms with Crippen molar-refractivity contribution in [3.63, 3.8) is 0 Å². The largest absolute Gasteiger partial charge is 0.496 e. The van der Waals surface area contributed by atoms with Crippen molar-refractivity contribution in [1.29, 1.82) is 0 Å². The van der Waals surface area contributed by atoms with Crippen molar-refractivity contribution < 1.29 is 14.3 Å². The van der Waals surface area contributed by atoms with Gasteiger partial charge in [-0.25, -0.2) is 0 Å². The molecule has 0 saturated carbocycles. The van der Waals surface area contributed by atoms with Gasteiger partial charge in [-0.2, -0.15) is 0 Å². The van der Waals surface area contributed by atoms with E-state index in [1.165, 1.54) is 11.0 Å². The van der Waals surface area contributed by atoms with Crippen LogP contribution in [-0.2, 0) is 9.59 Å². The Hall–Kier alpha value is -2.93. The molecular formula is C22H14Cl2N2O3S. The second kappa shape index (κ2) is 8.07. The van der Waals surface area contributed by atoms with Gasteiger partial charge < -0.3 is 4.74 Å². The number of ether oxygens (including phenoxy) is 1. The Morgan fingerprint density at radius 2 is 1.73 bits per heavy atom. The third-order valence-corrected chi connectivity index (χ3v) is 5.80. The molecule has 2 amide bonds. The van der Waals surface area contributed by atoms with E-state index >= 15 is 0 Å². The number of carbonyl (C=O) groups is 2. The van der Waals surface area contributed by atoms with Crippen molar-refractivity contribution in [3.8, 4) is 5.75 Å². The molecule has 0 aromatic heterocycles. The maximum atomic E-state index is 13.3. The molecule has 0 atom stereocenters. The van der Waals surface area contributed by atoms with Crippen LogP contribution in [-0.4, -0.2) is 24.0 Å². The Bertz CT molecular complexity index is 1260. The molecule has 0 unspecified atom stereocenters. The van der Waals surface area contributed by atoms with E-state index in [9.17, 15) is 9.59 Å². The summed E-state index contributed by atoms with van der Waals surface area (Å²) in [6.45, 7) is 0. The lowest BCUT2D eigenvalue weighted by molar-refractivity contribution is -0.122. The van der Waals surface area contributed by atoms with Gasteiger partial charge in [-0.1, -0.05) is 59.6 Å². The fourth-order valence-electron chi connectivity index (χ4n) is 3.30. The Labute approximate surface area is 187 Å². The van der Waals surface area contributed by atoms with Gasteiger partial charge in [-0.05, 0) is 47.4 Å². The van der Waals surface area contributed by atoms with Gasteiger partial charge in [0.15, 0.2) is 5.11 Å². The zero-order valence-electron chi connectivity index (χ0n) is 15.6. The number of nitrogens with zero attached hydrogens (tertiary/aromatic N) is 1. The molecule has 1 N–H and O–H groups in total. The third kappa shape index (κ3) is 3.43. The predicted molar refractivity (Wildman–Crippen MR) is 123 cm³/mol. The van der Waals surface area contributed by atoms with E-state index < -0.39 is 11.8 Å². The standard InChI is InChI=1S/C22H14Cl2N2O3S/c1-29-18-10-9-12(13-5-2-3-6-14(13)18)11-15-20(27)25-22(30)26(21(15)28)17-8-4-7-16(23)19(17)24/h2-11H,1H3,(H,25,27,30)/b15-11+. The molecule has 30 heavy (non-hydrogen) atoms. The average molecular weight is 457 g/mol. The van der Waals surface area contributed by atoms with E-state index in [0.717, 1.165) is 10.8 Å². The van der Waals surface area contributed by atoms with Crippen LogP contribution in [0, 0.1) is 0 Å². The highest BCUT2D eigenvalue weighted by molar-refractivity contribution is 7.80. The maximum Gasteiger partial charge on any atom is 0.270 e. The van der Waals surface area contributed by atoms with Crippen LogP contribution < -0.4 is 15.0 Å². The van der Waals surface area contributed by atoms with Gasteiger partial charge in [0.2, 0.25) is 0 Å². The molecular weight excluding hydrogens is 443 g/mol. The number of carbonyl (C=O) groups excluding carboxylic acids is 2. The number of methoxy groups -OCH3 is 1. The van der Waals surface area contributed by atoms with Crippen LogP contribution in [0.2, 0.25) is 10.0 Å². The number of anilines is 1. The SMILES string of the molecule is COc1ccc(/C=C2\C(=O)NC(=S)N(c3cccc(Cl)c3Cl)C2=O)c2ccccc12.